The molecule has 2 fully saturated rings. The summed E-state index contributed by atoms with van der Waals surface area (Å²) in [7, 11) is 0. The molecule has 0 N–H and O–H groups in total. The number of benzene rings is 1. The average molecular weight is 371 g/mol. The summed E-state index contributed by atoms with van der Waals surface area (Å²) in [5.74, 6) is 2.01. The van der Waals surface area contributed by atoms with Crippen molar-refractivity contribution in [3.05, 3.63) is 35.4 Å². The predicted molar refractivity (Wildman–Crippen MR) is 112 cm³/mol. The van der Waals surface area contributed by atoms with E-state index < -0.39 is 0 Å². The first-order valence-electron chi connectivity index (χ1n) is 11.4. The standard InChI is InChI=1S/C25H38O2/c1-3-4-20-9-11-22(12-10-20)14-17-24-18-16-23(25(26)27-24)15-13-21-7-5-19(2)6-8-21/h5-8,20,22-24H,3-4,9-18H2,1-2H3. The zero-order valence-corrected chi connectivity index (χ0v) is 17.4. The topological polar surface area (TPSA) is 26.3 Å². The SMILES string of the molecule is CCCC1CCC(CCC2CCC(CCc3ccc(C)cc3)C(=O)O2)CC1. The summed E-state index contributed by atoms with van der Waals surface area (Å²) in [5, 5.41) is 0. The number of esters is 1. The molecule has 0 bridgehead atoms. The third-order valence-electron chi connectivity index (χ3n) is 6.92. The highest BCUT2D eigenvalue weighted by molar-refractivity contribution is 5.73. The van der Waals surface area contributed by atoms with Crippen LogP contribution in [0.4, 0.5) is 0 Å². The molecule has 0 amide bonds. The Hall–Kier alpha value is -1.31. The van der Waals surface area contributed by atoms with Gasteiger partial charge in [0.15, 0.2) is 0 Å². The Morgan fingerprint density at radius 1 is 0.852 bits per heavy atom. The van der Waals surface area contributed by atoms with Crippen LogP contribution in [-0.4, -0.2) is 12.1 Å². The van der Waals surface area contributed by atoms with E-state index in [1.54, 1.807) is 0 Å². The number of carbonyl (C=O) groups excluding carboxylic acids is 1. The first kappa shape index (κ1) is 20.4. The lowest BCUT2D eigenvalue weighted by Crippen LogP contribution is -2.32. The van der Waals surface area contributed by atoms with Gasteiger partial charge in [-0.15, -0.1) is 0 Å². The molecule has 2 aliphatic rings. The lowest BCUT2D eigenvalue weighted by Gasteiger charge is -2.31. The number of rotatable bonds is 8. The van der Waals surface area contributed by atoms with Crippen molar-refractivity contribution >= 4 is 5.97 Å². The molecule has 1 aromatic carbocycles. The highest BCUT2D eigenvalue weighted by Gasteiger charge is 2.30. The van der Waals surface area contributed by atoms with Crippen LogP contribution in [0.1, 0.15) is 88.7 Å². The molecule has 0 aromatic heterocycles. The quantitative estimate of drug-likeness (QED) is 0.480. The van der Waals surface area contributed by atoms with Gasteiger partial charge in [-0.2, -0.15) is 0 Å². The maximum Gasteiger partial charge on any atom is 0.309 e. The maximum absolute atomic E-state index is 12.4. The van der Waals surface area contributed by atoms with Crippen molar-refractivity contribution in [2.45, 2.75) is 97.0 Å². The fourth-order valence-electron chi connectivity index (χ4n) is 5.02. The van der Waals surface area contributed by atoms with E-state index in [-0.39, 0.29) is 18.0 Å². The van der Waals surface area contributed by atoms with Gasteiger partial charge < -0.3 is 4.74 Å². The molecule has 1 aliphatic heterocycles. The van der Waals surface area contributed by atoms with E-state index in [0.29, 0.717) is 0 Å². The van der Waals surface area contributed by atoms with Gasteiger partial charge in [0.2, 0.25) is 0 Å². The van der Waals surface area contributed by atoms with E-state index in [1.807, 2.05) is 0 Å². The van der Waals surface area contributed by atoms with Gasteiger partial charge in [0.25, 0.3) is 0 Å². The van der Waals surface area contributed by atoms with E-state index in [9.17, 15) is 4.79 Å². The third-order valence-corrected chi connectivity index (χ3v) is 6.92. The Morgan fingerprint density at radius 2 is 1.52 bits per heavy atom. The number of hydrogen-bond donors (Lipinski definition) is 0. The summed E-state index contributed by atoms with van der Waals surface area (Å²) < 4.78 is 5.82. The van der Waals surface area contributed by atoms with Gasteiger partial charge in [-0.25, -0.2) is 0 Å². The second kappa shape index (κ2) is 10.3. The molecule has 150 valence electrons. The Labute approximate surface area is 166 Å². The zero-order valence-electron chi connectivity index (χ0n) is 17.4. The Bertz CT molecular complexity index is 568. The molecular weight excluding hydrogens is 332 g/mol. The average Bonchev–Trinajstić information content (AvgIpc) is 2.68. The van der Waals surface area contributed by atoms with Gasteiger partial charge in [0, 0.05) is 0 Å². The molecule has 3 rings (SSSR count). The largest absolute Gasteiger partial charge is 0.462 e. The predicted octanol–water partition coefficient (Wildman–Crippen LogP) is 6.64. The minimum atomic E-state index is 0.0602. The maximum atomic E-state index is 12.4. The molecular formula is C25H38O2. The van der Waals surface area contributed by atoms with Crippen LogP contribution in [-0.2, 0) is 16.0 Å². The Morgan fingerprint density at radius 3 is 2.15 bits per heavy atom. The van der Waals surface area contributed by atoms with Gasteiger partial charge in [-0.1, -0.05) is 75.3 Å². The summed E-state index contributed by atoms with van der Waals surface area (Å²) in [6.45, 7) is 4.41. The second-order valence-electron chi connectivity index (χ2n) is 9.11. The number of hydrogen-bond acceptors (Lipinski definition) is 2. The highest BCUT2D eigenvalue weighted by Crippen LogP contribution is 2.35. The molecule has 1 saturated heterocycles. The Balaban J connectivity index is 1.34. The molecule has 27 heavy (non-hydrogen) atoms. The number of cyclic esters (lactones) is 1. The van der Waals surface area contributed by atoms with Crippen LogP contribution in [0, 0.1) is 24.7 Å². The van der Waals surface area contributed by atoms with Crippen LogP contribution >= 0.6 is 0 Å². The Kier molecular flexibility index (Phi) is 7.79. The van der Waals surface area contributed by atoms with E-state index in [2.05, 4.69) is 38.1 Å². The summed E-state index contributed by atoms with van der Waals surface area (Å²) in [6, 6.07) is 8.67. The minimum Gasteiger partial charge on any atom is -0.462 e. The number of ether oxygens (including phenoxy) is 1. The van der Waals surface area contributed by atoms with E-state index >= 15 is 0 Å². The monoisotopic (exact) mass is 370 g/mol. The van der Waals surface area contributed by atoms with Gasteiger partial charge in [0.1, 0.15) is 6.10 Å². The molecule has 2 unspecified atom stereocenters. The summed E-state index contributed by atoms with van der Waals surface area (Å²) in [6.07, 6.45) is 14.9. The number of aryl methyl sites for hydroxylation is 2. The molecule has 2 nitrogen and oxygen atoms in total. The summed E-state index contributed by atoms with van der Waals surface area (Å²) in [5.41, 5.74) is 2.62. The van der Waals surface area contributed by atoms with Gasteiger partial charge >= 0.3 is 5.97 Å². The van der Waals surface area contributed by atoms with Crippen LogP contribution in [0.5, 0.6) is 0 Å². The lowest BCUT2D eigenvalue weighted by atomic mass is 9.78. The summed E-state index contributed by atoms with van der Waals surface area (Å²) >= 11 is 0. The first-order chi connectivity index (χ1) is 13.1. The molecule has 1 heterocycles. The van der Waals surface area contributed by atoms with Crippen molar-refractivity contribution in [3.63, 3.8) is 0 Å². The van der Waals surface area contributed by atoms with Crippen LogP contribution in [0.15, 0.2) is 24.3 Å². The lowest BCUT2D eigenvalue weighted by molar-refractivity contribution is -0.161. The zero-order chi connectivity index (χ0) is 19.1. The number of carbonyl (C=O) groups is 1. The van der Waals surface area contributed by atoms with Crippen LogP contribution in [0.3, 0.4) is 0 Å². The normalized spacial score (nSPS) is 28.7. The van der Waals surface area contributed by atoms with Crippen LogP contribution in [0.2, 0.25) is 0 Å². The minimum absolute atomic E-state index is 0.0602. The molecule has 0 spiro atoms. The molecule has 1 aliphatic carbocycles. The molecule has 1 aromatic rings. The van der Waals surface area contributed by atoms with Crippen LogP contribution in [0.25, 0.3) is 0 Å². The molecule has 2 atom stereocenters. The third kappa shape index (κ3) is 6.36. The molecule has 0 radical (unpaired) electrons. The van der Waals surface area contributed by atoms with Crippen molar-refractivity contribution in [1.82, 2.24) is 0 Å². The van der Waals surface area contributed by atoms with Crippen molar-refractivity contribution in [2.24, 2.45) is 17.8 Å². The van der Waals surface area contributed by atoms with Crippen molar-refractivity contribution < 1.29 is 9.53 Å². The van der Waals surface area contributed by atoms with Crippen molar-refractivity contribution in [3.8, 4) is 0 Å². The highest BCUT2D eigenvalue weighted by atomic mass is 16.5. The van der Waals surface area contributed by atoms with Gasteiger partial charge in [-0.3, -0.25) is 4.79 Å². The van der Waals surface area contributed by atoms with Gasteiger partial charge in [-0.05, 0) is 62.8 Å². The fraction of sp³-hybridized carbons (Fsp3) is 0.720. The van der Waals surface area contributed by atoms with Crippen molar-refractivity contribution in [2.75, 3.05) is 0 Å². The van der Waals surface area contributed by atoms with Gasteiger partial charge in [0.05, 0.1) is 5.92 Å². The second-order valence-corrected chi connectivity index (χ2v) is 9.11. The summed E-state index contributed by atoms with van der Waals surface area (Å²) in [4.78, 5) is 12.4. The first-order valence-corrected chi connectivity index (χ1v) is 11.4. The van der Waals surface area contributed by atoms with E-state index in [1.165, 1.54) is 56.1 Å². The van der Waals surface area contributed by atoms with Crippen molar-refractivity contribution in [1.29, 1.82) is 0 Å². The van der Waals surface area contributed by atoms with Crippen LogP contribution < -0.4 is 0 Å². The molecule has 1 saturated carbocycles. The smallest absolute Gasteiger partial charge is 0.309 e. The molecule has 2 heteroatoms. The fourth-order valence-corrected chi connectivity index (χ4v) is 5.02. The van der Waals surface area contributed by atoms with E-state index in [4.69, 9.17) is 4.74 Å². The van der Waals surface area contributed by atoms with E-state index in [0.717, 1.165) is 43.9 Å².